The van der Waals surface area contributed by atoms with Gasteiger partial charge in [0.25, 0.3) is 17.5 Å². The highest BCUT2D eigenvalue weighted by atomic mass is 32.2. The normalized spacial score (nSPS) is 10.8. The number of carbonyl (C=O) groups is 3. The molecular weight excluding hydrogens is 556 g/mol. The molecular formula is C31H26N4O6S. The van der Waals surface area contributed by atoms with E-state index in [4.69, 9.17) is 4.74 Å². The van der Waals surface area contributed by atoms with Gasteiger partial charge in [-0.3, -0.25) is 24.5 Å². The summed E-state index contributed by atoms with van der Waals surface area (Å²) in [5, 5.41) is 19.0. The lowest BCUT2D eigenvalue weighted by atomic mass is 10.1. The summed E-state index contributed by atoms with van der Waals surface area (Å²) in [5.74, 6) is -0.596. The van der Waals surface area contributed by atoms with Crippen LogP contribution in [0.25, 0.3) is 6.08 Å². The molecule has 10 nitrogen and oxygen atoms in total. The summed E-state index contributed by atoms with van der Waals surface area (Å²) in [6.45, 7) is 0. The molecule has 0 spiro atoms. The third-order valence-corrected chi connectivity index (χ3v) is 6.82. The van der Waals surface area contributed by atoms with Gasteiger partial charge >= 0.3 is 0 Å². The van der Waals surface area contributed by atoms with Gasteiger partial charge < -0.3 is 20.7 Å². The van der Waals surface area contributed by atoms with Gasteiger partial charge in [-0.1, -0.05) is 36.4 Å². The molecule has 212 valence electrons. The number of thioether (sulfide) groups is 1. The fraction of sp³-hybridized carbons (Fsp3) is 0.0645. The van der Waals surface area contributed by atoms with Gasteiger partial charge in [-0.2, -0.15) is 0 Å². The Bertz CT molecular complexity index is 1610. The second-order valence-electron chi connectivity index (χ2n) is 8.74. The molecule has 11 heteroatoms. The topological polar surface area (TPSA) is 140 Å². The quantitative estimate of drug-likeness (QED) is 0.0886. The smallest absolute Gasteiger partial charge is 0.272 e. The van der Waals surface area contributed by atoms with Crippen LogP contribution in [0.4, 0.5) is 17.1 Å². The molecule has 0 atom stereocenters. The Morgan fingerprint density at radius 1 is 0.833 bits per heavy atom. The van der Waals surface area contributed by atoms with Crippen molar-refractivity contribution in [3.05, 3.63) is 130 Å². The molecule has 0 heterocycles. The number of amides is 3. The zero-order valence-corrected chi connectivity index (χ0v) is 23.2. The molecule has 0 unspecified atom stereocenters. The standard InChI is InChI=1S/C31H26N4O6S/c1-41-28-10-6-5-9-22(28)19-27(34-30(37)21-7-3-2-4-8-21)31(38)33-24-13-17-26(18-14-24)42-20-29(36)32-23-11-15-25(16-12-23)35(39)40/h2-19H,20H2,1H3,(H,32,36)(H,33,38)(H,34,37)/b27-19-. The summed E-state index contributed by atoms with van der Waals surface area (Å²) in [6.07, 6.45) is 1.54. The molecule has 3 amide bonds. The summed E-state index contributed by atoms with van der Waals surface area (Å²) in [5.41, 5.74) is 1.91. The lowest BCUT2D eigenvalue weighted by Gasteiger charge is -2.13. The molecule has 0 saturated carbocycles. The number of nitro groups is 1. The number of carbonyl (C=O) groups excluding carboxylic acids is 3. The average molecular weight is 583 g/mol. The van der Waals surface area contributed by atoms with Crippen LogP contribution in [0.3, 0.4) is 0 Å². The molecule has 0 aliphatic rings. The van der Waals surface area contributed by atoms with Crippen molar-refractivity contribution in [2.24, 2.45) is 0 Å². The van der Waals surface area contributed by atoms with Crippen molar-refractivity contribution >= 4 is 52.6 Å². The minimum absolute atomic E-state index is 0.0229. The third-order valence-electron chi connectivity index (χ3n) is 5.81. The molecule has 0 radical (unpaired) electrons. The highest BCUT2D eigenvalue weighted by Gasteiger charge is 2.16. The van der Waals surface area contributed by atoms with E-state index in [2.05, 4.69) is 16.0 Å². The van der Waals surface area contributed by atoms with Crippen molar-refractivity contribution in [3.8, 4) is 5.75 Å². The largest absolute Gasteiger partial charge is 0.496 e. The first-order valence-corrected chi connectivity index (χ1v) is 13.6. The van der Waals surface area contributed by atoms with E-state index in [9.17, 15) is 24.5 Å². The molecule has 3 N–H and O–H groups in total. The number of nitrogens with zero attached hydrogens (tertiary/aromatic N) is 1. The van der Waals surface area contributed by atoms with Crippen molar-refractivity contribution in [2.75, 3.05) is 23.5 Å². The summed E-state index contributed by atoms with van der Waals surface area (Å²) in [6, 6.07) is 28.1. The first-order valence-electron chi connectivity index (χ1n) is 12.6. The van der Waals surface area contributed by atoms with E-state index >= 15 is 0 Å². The second-order valence-corrected chi connectivity index (χ2v) is 9.79. The molecule has 42 heavy (non-hydrogen) atoms. The van der Waals surface area contributed by atoms with Gasteiger partial charge in [-0.15, -0.1) is 11.8 Å². The molecule has 4 aromatic rings. The van der Waals surface area contributed by atoms with Crippen molar-refractivity contribution in [1.82, 2.24) is 5.32 Å². The summed E-state index contributed by atoms with van der Waals surface area (Å²) < 4.78 is 5.39. The van der Waals surface area contributed by atoms with Gasteiger partial charge in [-0.05, 0) is 60.7 Å². The lowest BCUT2D eigenvalue weighted by molar-refractivity contribution is -0.384. The highest BCUT2D eigenvalue weighted by Crippen LogP contribution is 2.23. The number of nitro benzene ring substituents is 1. The van der Waals surface area contributed by atoms with Gasteiger partial charge in [0.1, 0.15) is 11.4 Å². The third kappa shape index (κ3) is 8.29. The predicted octanol–water partition coefficient (Wildman–Crippen LogP) is 5.74. The van der Waals surface area contributed by atoms with Crippen molar-refractivity contribution < 1.29 is 24.0 Å². The summed E-state index contributed by atoms with van der Waals surface area (Å²) >= 11 is 1.29. The molecule has 0 aliphatic carbocycles. The number of para-hydroxylation sites is 1. The van der Waals surface area contributed by atoms with Crippen LogP contribution in [0.2, 0.25) is 0 Å². The molecule has 0 fully saturated rings. The number of nitrogens with one attached hydrogen (secondary N) is 3. The van der Waals surface area contributed by atoms with E-state index in [1.165, 1.54) is 43.1 Å². The summed E-state index contributed by atoms with van der Waals surface area (Å²) in [4.78, 5) is 49.5. The fourth-order valence-corrected chi connectivity index (χ4v) is 4.43. The molecule has 0 aliphatic heterocycles. The van der Waals surface area contributed by atoms with E-state index in [0.29, 0.717) is 28.3 Å². The van der Waals surface area contributed by atoms with Crippen LogP contribution in [0, 0.1) is 10.1 Å². The Hall–Kier alpha value is -5.42. The highest BCUT2D eigenvalue weighted by molar-refractivity contribution is 8.00. The molecule has 0 bridgehead atoms. The van der Waals surface area contributed by atoms with Gasteiger partial charge in [0.2, 0.25) is 5.91 Å². The van der Waals surface area contributed by atoms with Crippen LogP contribution >= 0.6 is 11.8 Å². The maximum Gasteiger partial charge on any atom is 0.272 e. The maximum absolute atomic E-state index is 13.3. The van der Waals surface area contributed by atoms with Crippen LogP contribution in [0.1, 0.15) is 15.9 Å². The van der Waals surface area contributed by atoms with E-state index in [-0.39, 0.29) is 23.0 Å². The molecule has 4 aromatic carbocycles. The SMILES string of the molecule is COc1ccccc1/C=C(\NC(=O)c1ccccc1)C(=O)Nc1ccc(SCC(=O)Nc2ccc([N+](=O)[O-])cc2)cc1. The zero-order valence-electron chi connectivity index (χ0n) is 22.4. The Morgan fingerprint density at radius 2 is 1.45 bits per heavy atom. The van der Waals surface area contributed by atoms with Crippen LogP contribution in [0.5, 0.6) is 5.75 Å². The molecule has 4 rings (SSSR count). The van der Waals surface area contributed by atoms with Crippen molar-refractivity contribution in [2.45, 2.75) is 4.90 Å². The van der Waals surface area contributed by atoms with Crippen LogP contribution in [-0.2, 0) is 9.59 Å². The predicted molar refractivity (Wildman–Crippen MR) is 162 cm³/mol. The van der Waals surface area contributed by atoms with Gasteiger partial charge in [0, 0.05) is 39.5 Å². The van der Waals surface area contributed by atoms with Crippen LogP contribution in [0.15, 0.2) is 114 Å². The van der Waals surface area contributed by atoms with Gasteiger partial charge in [0.15, 0.2) is 0 Å². The first-order chi connectivity index (χ1) is 20.3. The Balaban J connectivity index is 1.40. The Kier molecular flexibility index (Phi) is 10.1. The minimum Gasteiger partial charge on any atom is -0.496 e. The number of anilines is 2. The number of non-ortho nitro benzene ring substituents is 1. The van der Waals surface area contributed by atoms with E-state index in [1.54, 1.807) is 84.9 Å². The number of rotatable bonds is 11. The van der Waals surface area contributed by atoms with Gasteiger partial charge in [-0.25, -0.2) is 0 Å². The molecule has 0 saturated heterocycles. The van der Waals surface area contributed by atoms with Gasteiger partial charge in [0.05, 0.1) is 17.8 Å². The van der Waals surface area contributed by atoms with Crippen molar-refractivity contribution in [1.29, 1.82) is 0 Å². The number of ether oxygens (including phenoxy) is 1. The fourth-order valence-electron chi connectivity index (χ4n) is 3.73. The maximum atomic E-state index is 13.3. The van der Waals surface area contributed by atoms with E-state index in [1.807, 2.05) is 0 Å². The summed E-state index contributed by atoms with van der Waals surface area (Å²) in [7, 11) is 1.52. The number of methoxy groups -OCH3 is 1. The minimum atomic E-state index is -0.534. The van der Waals surface area contributed by atoms with Crippen LogP contribution < -0.4 is 20.7 Å². The van der Waals surface area contributed by atoms with Crippen LogP contribution in [-0.4, -0.2) is 35.5 Å². The number of hydrogen-bond acceptors (Lipinski definition) is 7. The average Bonchev–Trinajstić information content (AvgIpc) is 3.01. The zero-order chi connectivity index (χ0) is 29.9. The number of hydrogen-bond donors (Lipinski definition) is 3. The Labute approximate surface area is 245 Å². The monoisotopic (exact) mass is 582 g/mol. The lowest BCUT2D eigenvalue weighted by Crippen LogP contribution is -2.30. The second kappa shape index (κ2) is 14.3. The van der Waals surface area contributed by atoms with E-state index < -0.39 is 16.7 Å². The van der Waals surface area contributed by atoms with E-state index in [0.717, 1.165) is 4.90 Å². The Morgan fingerprint density at radius 3 is 2.12 bits per heavy atom. The first kappa shape index (κ1) is 29.6. The number of benzene rings is 4. The molecule has 0 aromatic heterocycles. The van der Waals surface area contributed by atoms with Crippen molar-refractivity contribution in [3.63, 3.8) is 0 Å².